The predicted molar refractivity (Wildman–Crippen MR) is 148 cm³/mol. The van der Waals surface area contributed by atoms with Crippen molar-refractivity contribution in [2.75, 3.05) is 24.6 Å². The highest BCUT2D eigenvalue weighted by Crippen LogP contribution is 2.43. The number of rotatable bonds is 6. The molecule has 0 saturated heterocycles. The quantitative estimate of drug-likeness (QED) is 0.346. The third-order valence-electron chi connectivity index (χ3n) is 8.01. The topological polar surface area (TPSA) is 87.8 Å². The Labute approximate surface area is 223 Å². The smallest absolute Gasteiger partial charge is 0.304 e. The number of nitrogens with zero attached hydrogens (tertiary/aromatic N) is 1. The Morgan fingerprint density at radius 2 is 1.97 bits per heavy atom. The van der Waals surface area contributed by atoms with Gasteiger partial charge in [-0.3, -0.25) is 9.69 Å². The molecule has 0 amide bonds. The average molecular weight is 518 g/mol. The van der Waals surface area contributed by atoms with Gasteiger partial charge in [-0.25, -0.2) is 4.39 Å². The number of nitrogen functional groups attached to an aromatic ring is 1. The molecule has 1 aliphatic heterocycles. The van der Waals surface area contributed by atoms with E-state index in [-0.39, 0.29) is 24.2 Å². The van der Waals surface area contributed by atoms with Gasteiger partial charge in [-0.2, -0.15) is 0 Å². The lowest BCUT2D eigenvalue weighted by Crippen LogP contribution is -2.41. The normalized spacial score (nSPS) is 19.1. The summed E-state index contributed by atoms with van der Waals surface area (Å²) < 4.78 is 20.2. The van der Waals surface area contributed by atoms with Crippen molar-refractivity contribution in [3.63, 3.8) is 0 Å². The van der Waals surface area contributed by atoms with Gasteiger partial charge >= 0.3 is 5.97 Å². The van der Waals surface area contributed by atoms with Crippen LogP contribution in [-0.2, 0) is 17.8 Å². The van der Waals surface area contributed by atoms with E-state index in [2.05, 4.69) is 28.4 Å². The van der Waals surface area contributed by atoms with Gasteiger partial charge in [-0.05, 0) is 73.6 Å². The molecule has 0 radical (unpaired) electrons. The zero-order chi connectivity index (χ0) is 27.2. The van der Waals surface area contributed by atoms with Gasteiger partial charge in [0.2, 0.25) is 0 Å². The van der Waals surface area contributed by atoms with E-state index >= 15 is 0 Å². The lowest BCUT2D eigenvalue weighted by Gasteiger charge is -2.34. The summed E-state index contributed by atoms with van der Waals surface area (Å²) in [4.78, 5) is 14.4. The van der Waals surface area contributed by atoms with E-state index in [1.165, 1.54) is 23.3 Å². The Morgan fingerprint density at radius 1 is 1.21 bits per heavy atom. The van der Waals surface area contributed by atoms with E-state index in [0.29, 0.717) is 24.5 Å². The van der Waals surface area contributed by atoms with E-state index < -0.39 is 11.6 Å². The third-order valence-corrected chi connectivity index (χ3v) is 8.01. The Bertz CT molecular complexity index is 1390. The van der Waals surface area contributed by atoms with Gasteiger partial charge in [0.15, 0.2) is 0 Å². The molecule has 1 heterocycles. The molecule has 38 heavy (non-hydrogen) atoms. The van der Waals surface area contributed by atoms with Crippen LogP contribution in [0.1, 0.15) is 72.0 Å². The van der Waals surface area contributed by atoms with Crippen LogP contribution >= 0.6 is 0 Å². The Hall–Kier alpha value is -3.58. The Morgan fingerprint density at radius 3 is 2.71 bits per heavy atom. The highest BCUT2D eigenvalue weighted by Gasteiger charge is 2.36. The van der Waals surface area contributed by atoms with Crippen LogP contribution < -0.4 is 15.8 Å². The van der Waals surface area contributed by atoms with E-state index in [1.807, 2.05) is 46.0 Å². The van der Waals surface area contributed by atoms with E-state index in [1.54, 1.807) is 0 Å². The van der Waals surface area contributed by atoms with Crippen molar-refractivity contribution in [2.24, 2.45) is 0 Å². The van der Waals surface area contributed by atoms with Crippen molar-refractivity contribution in [2.45, 2.75) is 64.1 Å². The van der Waals surface area contributed by atoms with Crippen LogP contribution in [0.15, 0.2) is 48.5 Å². The summed E-state index contributed by atoms with van der Waals surface area (Å²) in [6.07, 6.45) is 1.91. The largest absolute Gasteiger partial charge is 0.486 e. The molecule has 0 spiro atoms. The van der Waals surface area contributed by atoms with Gasteiger partial charge in [0, 0.05) is 43.7 Å². The van der Waals surface area contributed by atoms with Crippen molar-refractivity contribution >= 4 is 17.3 Å². The zero-order valence-corrected chi connectivity index (χ0v) is 22.5. The van der Waals surface area contributed by atoms with Crippen molar-refractivity contribution < 1.29 is 19.0 Å². The molecule has 2 atom stereocenters. The van der Waals surface area contributed by atoms with Gasteiger partial charge in [-0.15, -0.1) is 0 Å². The predicted octanol–water partition coefficient (Wildman–Crippen LogP) is 6.03. The summed E-state index contributed by atoms with van der Waals surface area (Å²) in [5.41, 5.74) is 13.7. The number of aryl methyl sites for hydroxylation is 1. The molecule has 2 unspecified atom stereocenters. The lowest BCUT2D eigenvalue weighted by atomic mass is 9.84. The molecule has 3 aromatic carbocycles. The number of nitrogens with two attached hydrogens (primary N) is 1. The molecule has 0 aromatic heterocycles. The molecule has 7 heteroatoms. The molecular formula is C31H36FN3O3. The summed E-state index contributed by atoms with van der Waals surface area (Å²) in [7, 11) is 1.82. The molecule has 200 valence electrons. The number of carboxylic acid groups (broad SMARTS) is 1. The number of aliphatic carboxylic acids is 1. The second-order valence-corrected chi connectivity index (χ2v) is 11.2. The molecule has 0 bridgehead atoms. The molecule has 0 saturated carbocycles. The molecule has 6 nitrogen and oxygen atoms in total. The van der Waals surface area contributed by atoms with Crippen LogP contribution in [0.4, 0.5) is 15.8 Å². The number of carboxylic acids is 1. The number of anilines is 2. The fraction of sp³-hybridized carbons (Fsp3) is 0.387. The van der Waals surface area contributed by atoms with Crippen LogP contribution in [0.25, 0.3) is 0 Å². The number of carbonyl (C=O) groups is 1. The first kappa shape index (κ1) is 26.0. The van der Waals surface area contributed by atoms with Gasteiger partial charge in [-0.1, -0.05) is 30.3 Å². The minimum absolute atomic E-state index is 0.0217. The van der Waals surface area contributed by atoms with E-state index in [0.717, 1.165) is 40.8 Å². The first-order valence-corrected chi connectivity index (χ1v) is 13.2. The number of halogens is 1. The molecule has 5 rings (SSSR count). The summed E-state index contributed by atoms with van der Waals surface area (Å²) in [5, 5.41) is 12.9. The van der Waals surface area contributed by atoms with Gasteiger partial charge in [0.05, 0.1) is 17.8 Å². The molecule has 3 aromatic rings. The molecule has 4 N–H and O–H groups in total. The van der Waals surface area contributed by atoms with Crippen LogP contribution in [0, 0.1) is 12.7 Å². The van der Waals surface area contributed by atoms with Crippen molar-refractivity contribution in [1.82, 2.24) is 4.90 Å². The van der Waals surface area contributed by atoms with Gasteiger partial charge in [0.1, 0.15) is 17.2 Å². The third kappa shape index (κ3) is 4.95. The first-order valence-electron chi connectivity index (χ1n) is 13.2. The summed E-state index contributed by atoms with van der Waals surface area (Å²) in [5.74, 6) is -0.867. The summed E-state index contributed by atoms with van der Waals surface area (Å²) in [6, 6.07) is 15.3. The fourth-order valence-electron chi connectivity index (χ4n) is 6.19. The van der Waals surface area contributed by atoms with Crippen molar-refractivity contribution in [3.05, 3.63) is 87.7 Å². The standard InChI is InChI=1S/C31H36FN3O3/c1-18-23(10-11-26(34-4)30(18)33)24(15-29(36)37)20-6-5-19-8-12-27(25(19)13-20)35-16-21-7-9-22(32)14-28(21)38-31(2,3)17-35/h5-7,9-11,13-14,24,27,34H,8,12,15-17,33H2,1-4H3,(H,36,37). The van der Waals surface area contributed by atoms with E-state index in [9.17, 15) is 14.3 Å². The minimum atomic E-state index is -0.849. The van der Waals surface area contributed by atoms with Crippen LogP contribution in [-0.4, -0.2) is 35.2 Å². The SMILES string of the molecule is CNc1ccc(C(CC(=O)O)c2ccc3c(c2)C(N2Cc4ccc(F)cc4OC(C)(C)C2)CC3)c(C)c1N. The molecule has 0 fully saturated rings. The number of nitrogens with one attached hydrogen (secondary N) is 1. The highest BCUT2D eigenvalue weighted by atomic mass is 19.1. The summed E-state index contributed by atoms with van der Waals surface area (Å²) in [6.45, 7) is 7.38. The Kier molecular flexibility index (Phi) is 6.82. The monoisotopic (exact) mass is 517 g/mol. The fourth-order valence-corrected chi connectivity index (χ4v) is 6.19. The zero-order valence-electron chi connectivity index (χ0n) is 22.5. The number of fused-ring (bicyclic) bond motifs is 2. The average Bonchev–Trinajstić information content (AvgIpc) is 3.22. The Balaban J connectivity index is 1.53. The maximum absolute atomic E-state index is 14.0. The lowest BCUT2D eigenvalue weighted by molar-refractivity contribution is -0.137. The number of benzene rings is 3. The maximum Gasteiger partial charge on any atom is 0.304 e. The summed E-state index contributed by atoms with van der Waals surface area (Å²) >= 11 is 0. The first-order chi connectivity index (χ1) is 18.1. The van der Waals surface area contributed by atoms with Gasteiger partial charge in [0.25, 0.3) is 0 Å². The minimum Gasteiger partial charge on any atom is -0.486 e. The van der Waals surface area contributed by atoms with Gasteiger partial charge < -0.3 is 20.9 Å². The molecular weight excluding hydrogens is 481 g/mol. The van der Waals surface area contributed by atoms with Crippen LogP contribution in [0.2, 0.25) is 0 Å². The second kappa shape index (κ2) is 9.95. The number of ether oxygens (including phenoxy) is 1. The second-order valence-electron chi connectivity index (χ2n) is 11.2. The number of hydrogen-bond acceptors (Lipinski definition) is 5. The van der Waals surface area contributed by atoms with Crippen LogP contribution in [0.3, 0.4) is 0 Å². The van der Waals surface area contributed by atoms with Crippen molar-refractivity contribution in [3.8, 4) is 5.75 Å². The molecule has 1 aliphatic carbocycles. The van der Waals surface area contributed by atoms with Crippen molar-refractivity contribution in [1.29, 1.82) is 0 Å². The number of hydrogen-bond donors (Lipinski definition) is 3. The highest BCUT2D eigenvalue weighted by molar-refractivity contribution is 5.74. The maximum atomic E-state index is 14.0. The van der Waals surface area contributed by atoms with E-state index in [4.69, 9.17) is 10.5 Å². The molecule has 2 aliphatic rings. The van der Waals surface area contributed by atoms with Crippen LogP contribution in [0.5, 0.6) is 5.75 Å².